The number of anilines is 1. The van der Waals surface area contributed by atoms with Crippen molar-refractivity contribution in [2.75, 3.05) is 12.4 Å². The Morgan fingerprint density at radius 2 is 1.93 bits per heavy atom. The molecule has 2 aromatic heterocycles. The van der Waals surface area contributed by atoms with Gasteiger partial charge in [0.15, 0.2) is 0 Å². The first-order valence-corrected chi connectivity index (χ1v) is 10.4. The lowest BCUT2D eigenvalue weighted by Gasteiger charge is -2.07. The Morgan fingerprint density at radius 1 is 1.14 bits per heavy atom. The predicted octanol–water partition coefficient (Wildman–Crippen LogP) is 4.83. The number of benzene rings is 2. The Bertz CT molecular complexity index is 1130. The van der Waals surface area contributed by atoms with Crippen LogP contribution >= 0.6 is 11.3 Å². The number of ether oxygens (including phenoxy) is 1. The first-order chi connectivity index (χ1) is 14.2. The van der Waals surface area contributed by atoms with Crippen LogP contribution in [0.4, 0.5) is 5.13 Å². The standard InChI is InChI=1S/C22H22N4O2S/c1-3-20-25-26-22(29-20)24-19(27)13-12-17-16-6-4-5-7-18(16)23-21(17)14-8-10-15(28-2)11-9-14/h4-11,23H,3,12-13H2,1-2H3,(H,24,26,27). The van der Waals surface area contributed by atoms with E-state index < -0.39 is 0 Å². The van der Waals surface area contributed by atoms with Gasteiger partial charge in [0.2, 0.25) is 11.0 Å². The van der Waals surface area contributed by atoms with Gasteiger partial charge in [-0.3, -0.25) is 4.79 Å². The molecule has 0 aliphatic carbocycles. The van der Waals surface area contributed by atoms with Crippen molar-refractivity contribution in [2.45, 2.75) is 26.2 Å². The number of hydrogen-bond donors (Lipinski definition) is 2. The molecule has 1 amide bonds. The van der Waals surface area contributed by atoms with Gasteiger partial charge in [0.05, 0.1) is 7.11 Å². The minimum atomic E-state index is -0.0604. The van der Waals surface area contributed by atoms with Crippen LogP contribution in [0.2, 0.25) is 0 Å². The van der Waals surface area contributed by atoms with Gasteiger partial charge in [0, 0.05) is 23.0 Å². The number of aromatic amines is 1. The van der Waals surface area contributed by atoms with E-state index in [9.17, 15) is 4.79 Å². The molecule has 2 N–H and O–H groups in total. The van der Waals surface area contributed by atoms with Crippen LogP contribution in [-0.2, 0) is 17.6 Å². The monoisotopic (exact) mass is 406 g/mol. The van der Waals surface area contributed by atoms with Crippen LogP contribution in [0.15, 0.2) is 48.5 Å². The SMILES string of the molecule is CCc1nnc(NC(=O)CCc2c(-c3ccc(OC)cc3)[nH]c3ccccc23)s1. The summed E-state index contributed by atoms with van der Waals surface area (Å²) < 4.78 is 5.27. The summed E-state index contributed by atoms with van der Waals surface area (Å²) in [6, 6.07) is 16.1. The summed E-state index contributed by atoms with van der Waals surface area (Å²) in [6.07, 6.45) is 1.80. The van der Waals surface area contributed by atoms with Gasteiger partial charge in [-0.05, 0) is 54.3 Å². The molecule has 0 bridgehead atoms. The van der Waals surface area contributed by atoms with Crippen LogP contribution in [0.1, 0.15) is 23.9 Å². The van der Waals surface area contributed by atoms with Gasteiger partial charge in [0.25, 0.3) is 0 Å². The van der Waals surface area contributed by atoms with E-state index in [0.717, 1.165) is 44.9 Å². The predicted molar refractivity (Wildman–Crippen MR) is 117 cm³/mol. The third kappa shape index (κ3) is 4.14. The molecule has 0 spiro atoms. The summed E-state index contributed by atoms with van der Waals surface area (Å²) in [7, 11) is 1.66. The fourth-order valence-corrected chi connectivity index (χ4v) is 4.03. The highest BCUT2D eigenvalue weighted by molar-refractivity contribution is 7.15. The normalized spacial score (nSPS) is 11.0. The maximum Gasteiger partial charge on any atom is 0.226 e. The summed E-state index contributed by atoms with van der Waals surface area (Å²) in [5.74, 6) is 0.754. The van der Waals surface area contributed by atoms with Crippen LogP contribution in [-0.4, -0.2) is 28.2 Å². The molecule has 4 aromatic rings. The average Bonchev–Trinajstić information content (AvgIpc) is 3.36. The van der Waals surface area contributed by atoms with E-state index >= 15 is 0 Å². The van der Waals surface area contributed by atoms with E-state index in [2.05, 4.69) is 32.6 Å². The lowest BCUT2D eigenvalue weighted by atomic mass is 10.0. The largest absolute Gasteiger partial charge is 0.497 e. The van der Waals surface area contributed by atoms with Gasteiger partial charge in [-0.15, -0.1) is 10.2 Å². The van der Waals surface area contributed by atoms with Gasteiger partial charge in [-0.2, -0.15) is 0 Å². The number of aromatic nitrogens is 3. The molecule has 2 aromatic carbocycles. The zero-order valence-electron chi connectivity index (χ0n) is 16.4. The van der Waals surface area contributed by atoms with Crippen molar-refractivity contribution in [3.05, 3.63) is 59.1 Å². The third-order valence-electron chi connectivity index (χ3n) is 4.81. The highest BCUT2D eigenvalue weighted by Crippen LogP contribution is 2.32. The maximum absolute atomic E-state index is 12.5. The molecule has 0 radical (unpaired) electrons. The summed E-state index contributed by atoms with van der Waals surface area (Å²) in [4.78, 5) is 16.0. The second kappa shape index (κ2) is 8.45. The molecular formula is C22H22N4O2S. The summed E-state index contributed by atoms with van der Waals surface area (Å²) >= 11 is 1.42. The van der Waals surface area contributed by atoms with Crippen LogP contribution in [0, 0.1) is 0 Å². The first-order valence-electron chi connectivity index (χ1n) is 9.54. The first kappa shape index (κ1) is 19.1. The van der Waals surface area contributed by atoms with Gasteiger partial charge in [0.1, 0.15) is 10.8 Å². The van der Waals surface area contributed by atoms with E-state index in [1.54, 1.807) is 7.11 Å². The van der Waals surface area contributed by atoms with E-state index in [4.69, 9.17) is 4.74 Å². The maximum atomic E-state index is 12.5. The smallest absolute Gasteiger partial charge is 0.226 e. The van der Waals surface area contributed by atoms with Gasteiger partial charge < -0.3 is 15.0 Å². The molecule has 0 saturated heterocycles. The van der Waals surface area contributed by atoms with E-state index in [0.29, 0.717) is 18.0 Å². The molecule has 0 unspecified atom stereocenters. The fraction of sp³-hybridized carbons (Fsp3) is 0.227. The lowest BCUT2D eigenvalue weighted by Crippen LogP contribution is -2.12. The van der Waals surface area contributed by atoms with Crippen LogP contribution in [0.3, 0.4) is 0 Å². The molecule has 0 fully saturated rings. The highest BCUT2D eigenvalue weighted by atomic mass is 32.1. The number of amides is 1. The zero-order chi connectivity index (χ0) is 20.2. The second-order valence-corrected chi connectivity index (χ2v) is 7.72. The van der Waals surface area contributed by atoms with E-state index in [-0.39, 0.29) is 5.91 Å². The molecule has 0 atom stereocenters. The number of rotatable bonds is 7. The van der Waals surface area contributed by atoms with Gasteiger partial charge >= 0.3 is 0 Å². The van der Waals surface area contributed by atoms with Crippen LogP contribution in [0.25, 0.3) is 22.2 Å². The van der Waals surface area contributed by atoms with Crippen LogP contribution in [0.5, 0.6) is 5.75 Å². The molecule has 2 heterocycles. The van der Waals surface area contributed by atoms with Gasteiger partial charge in [-0.25, -0.2) is 0 Å². The summed E-state index contributed by atoms with van der Waals surface area (Å²) in [5.41, 5.74) is 4.29. The molecule has 0 saturated carbocycles. The molecule has 4 rings (SSSR count). The van der Waals surface area contributed by atoms with Crippen LogP contribution < -0.4 is 10.1 Å². The van der Waals surface area contributed by atoms with E-state index in [1.165, 1.54) is 11.3 Å². The van der Waals surface area contributed by atoms with Crippen molar-refractivity contribution in [1.29, 1.82) is 0 Å². The van der Waals surface area contributed by atoms with Crippen molar-refractivity contribution in [3.63, 3.8) is 0 Å². The molecular weight excluding hydrogens is 384 g/mol. The number of nitrogens with zero attached hydrogens (tertiary/aromatic N) is 2. The highest BCUT2D eigenvalue weighted by Gasteiger charge is 2.15. The quantitative estimate of drug-likeness (QED) is 0.461. The number of hydrogen-bond acceptors (Lipinski definition) is 5. The minimum absolute atomic E-state index is 0.0604. The van der Waals surface area contributed by atoms with Gasteiger partial charge in [-0.1, -0.05) is 36.5 Å². The Morgan fingerprint density at radius 3 is 2.66 bits per heavy atom. The number of para-hydroxylation sites is 1. The molecule has 148 valence electrons. The van der Waals surface area contributed by atoms with E-state index in [1.807, 2.05) is 43.3 Å². The second-order valence-electron chi connectivity index (χ2n) is 6.66. The Hall–Kier alpha value is -3.19. The molecule has 0 aliphatic heterocycles. The van der Waals surface area contributed by atoms with Crippen molar-refractivity contribution < 1.29 is 9.53 Å². The lowest BCUT2D eigenvalue weighted by molar-refractivity contribution is -0.116. The summed E-state index contributed by atoms with van der Waals surface area (Å²) in [6.45, 7) is 2.02. The zero-order valence-corrected chi connectivity index (χ0v) is 17.2. The fourth-order valence-electron chi connectivity index (χ4n) is 3.33. The van der Waals surface area contributed by atoms with Crippen molar-refractivity contribution in [1.82, 2.24) is 15.2 Å². The molecule has 0 aliphatic rings. The number of aryl methyl sites for hydroxylation is 2. The molecule has 6 nitrogen and oxygen atoms in total. The topological polar surface area (TPSA) is 79.9 Å². The molecule has 29 heavy (non-hydrogen) atoms. The number of carbonyl (C=O) groups excluding carboxylic acids is 1. The minimum Gasteiger partial charge on any atom is -0.497 e. The van der Waals surface area contributed by atoms with Crippen molar-refractivity contribution in [3.8, 4) is 17.0 Å². The number of H-pyrrole nitrogens is 1. The number of nitrogens with one attached hydrogen (secondary N) is 2. The number of fused-ring (bicyclic) bond motifs is 1. The Labute approximate surface area is 172 Å². The van der Waals surface area contributed by atoms with Crippen molar-refractivity contribution in [2.24, 2.45) is 0 Å². The Kier molecular flexibility index (Phi) is 5.57. The number of carbonyl (C=O) groups is 1. The average molecular weight is 407 g/mol. The van der Waals surface area contributed by atoms with Crippen molar-refractivity contribution >= 4 is 33.3 Å². The third-order valence-corrected chi connectivity index (χ3v) is 5.79. The molecule has 7 heteroatoms. The summed E-state index contributed by atoms with van der Waals surface area (Å²) in [5, 5.41) is 13.5. The number of methoxy groups -OCH3 is 1. The Balaban J connectivity index is 1.57.